The van der Waals surface area contributed by atoms with Gasteiger partial charge in [-0.05, 0) is 31.9 Å². The number of carbonyl (C=O) groups excluding carboxylic acids is 1. The van der Waals surface area contributed by atoms with Crippen LogP contribution in [-0.4, -0.2) is 64.8 Å². The van der Waals surface area contributed by atoms with Crippen molar-refractivity contribution in [2.24, 2.45) is 0 Å². The summed E-state index contributed by atoms with van der Waals surface area (Å²) in [7, 11) is -3.01. The van der Waals surface area contributed by atoms with Gasteiger partial charge in [-0.2, -0.15) is 5.09 Å². The minimum Gasteiger partial charge on any atom is -0.468 e. The van der Waals surface area contributed by atoms with E-state index >= 15 is 0 Å². The molecule has 2 aliphatic rings. The van der Waals surface area contributed by atoms with Gasteiger partial charge >= 0.3 is 19.4 Å². The van der Waals surface area contributed by atoms with Crippen molar-refractivity contribution < 1.29 is 37.7 Å². The van der Waals surface area contributed by atoms with Crippen molar-refractivity contribution in [3.05, 3.63) is 63.4 Å². The number of nitrogens with zero attached hydrogens (tertiary/aromatic N) is 1. The molecular weight excluding hydrogens is 497 g/mol. The summed E-state index contributed by atoms with van der Waals surface area (Å²) in [5, 5.41) is 13.7. The molecule has 6 atom stereocenters. The molecule has 13 nitrogen and oxygen atoms in total. The molecule has 196 valence electrons. The fourth-order valence-electron chi connectivity index (χ4n) is 4.32. The summed E-state index contributed by atoms with van der Waals surface area (Å²) in [4.78, 5) is 38.1. The van der Waals surface area contributed by atoms with Crippen LogP contribution in [0.2, 0.25) is 0 Å². The summed E-state index contributed by atoms with van der Waals surface area (Å²) in [5.41, 5.74) is -2.60. The number of rotatable bonds is 9. The molecule has 3 heterocycles. The number of nitrogens with one attached hydrogen (secondary N) is 2. The number of carbonyl (C=O) groups is 1. The van der Waals surface area contributed by atoms with Crippen molar-refractivity contribution >= 4 is 13.7 Å². The lowest BCUT2D eigenvalue weighted by Gasteiger charge is -2.32. The summed E-state index contributed by atoms with van der Waals surface area (Å²) >= 11 is 0. The summed E-state index contributed by atoms with van der Waals surface area (Å²) in [6.07, 6.45) is -1.20. The third-order valence-corrected chi connectivity index (χ3v) is 7.69. The van der Waals surface area contributed by atoms with Crippen LogP contribution in [-0.2, 0) is 28.1 Å². The predicted molar refractivity (Wildman–Crippen MR) is 124 cm³/mol. The van der Waals surface area contributed by atoms with E-state index in [9.17, 15) is 24.1 Å². The highest BCUT2D eigenvalue weighted by atomic mass is 31.2. The summed E-state index contributed by atoms with van der Waals surface area (Å²) < 4.78 is 42.5. The standard InChI is InChI=1S/C22H28N3O10P/c1-14(19(28)31-2)24-36(30,35-15-7-4-3-5-8-15)33-13-16-18(27)22(10-6-12-32-22)20(34-16)25-11-9-17(26)23-21(25)29/h3-5,7-9,11,14,16,18,20,27H,6,10,12-13H2,1-2H3,(H,24,30)(H,23,26,29)/t14-,16+,18+,20+,22+,36?/m0/s1. The molecule has 1 aromatic carbocycles. The number of ether oxygens (including phenoxy) is 3. The Balaban J connectivity index is 1.57. The van der Waals surface area contributed by atoms with E-state index in [2.05, 4.69) is 14.8 Å². The Labute approximate surface area is 205 Å². The molecule has 14 heteroatoms. The van der Waals surface area contributed by atoms with E-state index in [1.54, 1.807) is 30.3 Å². The highest BCUT2D eigenvalue weighted by molar-refractivity contribution is 7.52. The predicted octanol–water partition coefficient (Wildman–Crippen LogP) is 0.699. The molecule has 36 heavy (non-hydrogen) atoms. The van der Waals surface area contributed by atoms with Crippen molar-refractivity contribution in [1.82, 2.24) is 14.6 Å². The van der Waals surface area contributed by atoms with Crippen LogP contribution in [0.25, 0.3) is 0 Å². The zero-order valence-electron chi connectivity index (χ0n) is 19.7. The van der Waals surface area contributed by atoms with Gasteiger partial charge in [0.1, 0.15) is 29.6 Å². The Kier molecular flexibility index (Phi) is 7.79. The molecular formula is C22H28N3O10P. The maximum Gasteiger partial charge on any atom is 0.459 e. The molecule has 2 aromatic rings. The van der Waals surface area contributed by atoms with Crippen molar-refractivity contribution in [3.8, 4) is 5.75 Å². The van der Waals surface area contributed by atoms with Gasteiger partial charge in [-0.15, -0.1) is 0 Å². The third-order valence-electron chi connectivity index (χ3n) is 6.05. The summed E-state index contributed by atoms with van der Waals surface area (Å²) in [6.45, 7) is 1.32. The van der Waals surface area contributed by atoms with Gasteiger partial charge in [-0.25, -0.2) is 9.36 Å². The number of hydrogen-bond acceptors (Lipinski definition) is 10. The van der Waals surface area contributed by atoms with Gasteiger partial charge < -0.3 is 23.8 Å². The van der Waals surface area contributed by atoms with Crippen molar-refractivity contribution in [1.29, 1.82) is 0 Å². The van der Waals surface area contributed by atoms with E-state index in [1.165, 1.54) is 20.2 Å². The van der Waals surface area contributed by atoms with Crippen LogP contribution in [0.4, 0.5) is 0 Å². The van der Waals surface area contributed by atoms with E-state index in [4.69, 9.17) is 18.5 Å². The minimum absolute atomic E-state index is 0.214. The number of aromatic nitrogens is 2. The molecule has 0 radical (unpaired) electrons. The highest BCUT2D eigenvalue weighted by Gasteiger charge is 2.60. The van der Waals surface area contributed by atoms with Gasteiger partial charge in [-0.1, -0.05) is 18.2 Å². The van der Waals surface area contributed by atoms with E-state index in [1.807, 2.05) is 0 Å². The second-order valence-electron chi connectivity index (χ2n) is 8.47. The maximum absolute atomic E-state index is 13.6. The topological polar surface area (TPSA) is 167 Å². The molecule has 2 saturated heterocycles. The lowest BCUT2D eigenvalue weighted by atomic mass is 9.91. The molecule has 3 N–H and O–H groups in total. The summed E-state index contributed by atoms with van der Waals surface area (Å²) in [5.74, 6) is -0.477. The number of aliphatic hydroxyl groups excluding tert-OH is 1. The molecule has 2 aliphatic heterocycles. The molecule has 0 bridgehead atoms. The Morgan fingerprint density at radius 1 is 1.33 bits per heavy atom. The molecule has 0 aliphatic carbocycles. The third kappa shape index (κ3) is 5.31. The molecule has 1 aromatic heterocycles. The lowest BCUT2D eigenvalue weighted by Crippen LogP contribution is -2.48. The van der Waals surface area contributed by atoms with E-state index < -0.39 is 61.7 Å². The maximum atomic E-state index is 13.6. The van der Waals surface area contributed by atoms with E-state index in [0.717, 1.165) is 10.6 Å². The van der Waals surface area contributed by atoms with Crippen molar-refractivity contribution in [2.75, 3.05) is 20.3 Å². The van der Waals surface area contributed by atoms with Crippen LogP contribution in [0.15, 0.2) is 52.2 Å². The zero-order chi connectivity index (χ0) is 25.9. The number of H-pyrrole nitrogens is 1. The Bertz CT molecular complexity index is 1230. The number of methoxy groups -OCH3 is 1. The largest absolute Gasteiger partial charge is 0.468 e. The first-order chi connectivity index (χ1) is 17.2. The molecule has 4 rings (SSSR count). The first kappa shape index (κ1) is 26.3. The van der Waals surface area contributed by atoms with Crippen LogP contribution in [0.5, 0.6) is 5.75 Å². The van der Waals surface area contributed by atoms with Gasteiger partial charge in [0.15, 0.2) is 6.23 Å². The van der Waals surface area contributed by atoms with E-state index in [-0.39, 0.29) is 5.75 Å². The second-order valence-corrected chi connectivity index (χ2v) is 10.2. The Morgan fingerprint density at radius 2 is 2.08 bits per heavy atom. The van der Waals surface area contributed by atoms with Gasteiger partial charge in [0.2, 0.25) is 0 Å². The number of benzene rings is 1. The molecule has 2 fully saturated rings. The van der Waals surface area contributed by atoms with Crippen molar-refractivity contribution in [2.45, 2.75) is 49.8 Å². The minimum atomic E-state index is -4.19. The average Bonchev–Trinajstić information content (AvgIpc) is 3.44. The molecule has 1 unspecified atom stereocenters. The average molecular weight is 525 g/mol. The lowest BCUT2D eigenvalue weighted by molar-refractivity contribution is -0.142. The van der Waals surface area contributed by atoms with Crippen LogP contribution >= 0.6 is 7.75 Å². The molecule has 1 spiro atoms. The number of para-hydroxylation sites is 1. The van der Waals surface area contributed by atoms with Crippen LogP contribution < -0.4 is 20.9 Å². The number of esters is 1. The van der Waals surface area contributed by atoms with Gasteiger partial charge in [0.25, 0.3) is 5.56 Å². The van der Waals surface area contributed by atoms with Crippen LogP contribution in [0.1, 0.15) is 26.0 Å². The summed E-state index contributed by atoms with van der Waals surface area (Å²) in [6, 6.07) is 8.30. The number of aromatic amines is 1. The first-order valence-electron chi connectivity index (χ1n) is 11.3. The van der Waals surface area contributed by atoms with Gasteiger partial charge in [-0.3, -0.25) is 23.7 Å². The van der Waals surface area contributed by atoms with E-state index in [0.29, 0.717) is 19.4 Å². The van der Waals surface area contributed by atoms with Crippen molar-refractivity contribution in [3.63, 3.8) is 0 Å². The highest BCUT2D eigenvalue weighted by Crippen LogP contribution is 2.49. The normalized spacial score (nSPS) is 28.0. The quantitative estimate of drug-likeness (QED) is 0.311. The first-order valence-corrected chi connectivity index (χ1v) is 12.9. The fourth-order valence-corrected chi connectivity index (χ4v) is 5.82. The zero-order valence-corrected chi connectivity index (χ0v) is 20.6. The van der Waals surface area contributed by atoms with Gasteiger partial charge in [0, 0.05) is 18.9 Å². The molecule has 0 amide bonds. The van der Waals surface area contributed by atoms with Crippen LogP contribution in [0, 0.1) is 0 Å². The number of aliphatic hydroxyl groups is 1. The second kappa shape index (κ2) is 10.7. The SMILES string of the molecule is COC(=O)[C@H](C)NP(=O)(OC[C@H]1O[C@@H](n2ccc(=O)[nH]c2=O)[C@@]2(CCCO2)[C@@H]1O)Oc1ccccc1. The van der Waals surface area contributed by atoms with Gasteiger partial charge in [0.05, 0.1) is 13.7 Å². The van der Waals surface area contributed by atoms with Crippen LogP contribution in [0.3, 0.4) is 0 Å². The molecule has 0 saturated carbocycles. The number of hydrogen-bond donors (Lipinski definition) is 3. The Hall–Kier alpha value is -2.80. The fraction of sp³-hybridized carbons (Fsp3) is 0.500. The smallest absolute Gasteiger partial charge is 0.459 e. The monoisotopic (exact) mass is 525 g/mol. The Morgan fingerprint density at radius 3 is 2.72 bits per heavy atom.